The average molecular weight is 480 g/mol. The van der Waals surface area contributed by atoms with Gasteiger partial charge in [-0.1, -0.05) is 58.7 Å². The molecule has 2 aliphatic heterocycles. The molecule has 5 atom stereocenters. The van der Waals surface area contributed by atoms with Crippen LogP contribution in [0.4, 0.5) is 0 Å². The zero-order chi connectivity index (χ0) is 18.7. The van der Waals surface area contributed by atoms with E-state index in [4.69, 9.17) is 9.47 Å². The molecule has 144 valence electrons. The number of halogens is 2. The number of ketones is 1. The van der Waals surface area contributed by atoms with Crippen molar-refractivity contribution in [3.63, 3.8) is 0 Å². The van der Waals surface area contributed by atoms with Crippen LogP contribution in [0.15, 0.2) is 12.2 Å². The molecule has 2 rings (SSSR count). The number of rotatable bonds is 9. The van der Waals surface area contributed by atoms with Gasteiger partial charge in [0, 0.05) is 11.2 Å². The number of ether oxygens (including phenoxy) is 2. The van der Waals surface area contributed by atoms with Gasteiger partial charge in [-0.25, -0.2) is 0 Å². The molecule has 2 bridgehead atoms. The summed E-state index contributed by atoms with van der Waals surface area (Å²) in [5.74, 6) is 0.730. The lowest BCUT2D eigenvalue weighted by molar-refractivity contribution is -0.238. The molecule has 2 saturated heterocycles. The molecule has 0 aromatic rings. The van der Waals surface area contributed by atoms with Gasteiger partial charge in [0.1, 0.15) is 5.60 Å². The SMILES string of the molecule is CC(C)/C=C/C(=O)C(C)CCC[C@]1(C)OC[C@]2(C(Br)CBr)CC[C@H]1O2. The van der Waals surface area contributed by atoms with Crippen molar-refractivity contribution in [2.75, 3.05) is 11.9 Å². The molecule has 0 radical (unpaired) electrons. The molecular weight excluding hydrogens is 448 g/mol. The number of hydrogen-bond acceptors (Lipinski definition) is 3. The highest BCUT2D eigenvalue weighted by Gasteiger charge is 2.55. The summed E-state index contributed by atoms with van der Waals surface area (Å²) in [5.41, 5.74) is -0.409. The smallest absolute Gasteiger partial charge is 0.158 e. The van der Waals surface area contributed by atoms with Crippen molar-refractivity contribution in [1.29, 1.82) is 0 Å². The third-order valence-electron chi connectivity index (χ3n) is 5.68. The molecule has 0 saturated carbocycles. The summed E-state index contributed by atoms with van der Waals surface area (Å²) in [6, 6.07) is 0. The van der Waals surface area contributed by atoms with E-state index in [9.17, 15) is 4.79 Å². The number of allylic oxidation sites excluding steroid dienone is 2. The van der Waals surface area contributed by atoms with Gasteiger partial charge in [0.2, 0.25) is 0 Å². The van der Waals surface area contributed by atoms with Crippen LogP contribution >= 0.6 is 31.9 Å². The first kappa shape index (κ1) is 21.6. The van der Waals surface area contributed by atoms with E-state index in [1.807, 2.05) is 13.0 Å². The maximum Gasteiger partial charge on any atom is 0.158 e. The Kier molecular flexibility index (Phi) is 7.76. The van der Waals surface area contributed by atoms with E-state index in [0.717, 1.165) is 37.4 Å². The Labute approximate surface area is 169 Å². The molecular formula is C20H32Br2O3. The number of hydrogen-bond donors (Lipinski definition) is 0. The number of carbonyl (C=O) groups is 1. The summed E-state index contributed by atoms with van der Waals surface area (Å²) in [7, 11) is 0. The molecule has 0 aromatic carbocycles. The van der Waals surface area contributed by atoms with Gasteiger partial charge >= 0.3 is 0 Å². The van der Waals surface area contributed by atoms with Crippen molar-refractivity contribution < 1.29 is 14.3 Å². The number of alkyl halides is 2. The fourth-order valence-corrected chi connectivity index (χ4v) is 4.80. The highest BCUT2D eigenvalue weighted by atomic mass is 79.9. The Morgan fingerprint density at radius 2 is 2.08 bits per heavy atom. The van der Waals surface area contributed by atoms with Crippen LogP contribution in [0.2, 0.25) is 0 Å². The molecule has 2 aliphatic rings. The molecule has 2 heterocycles. The first-order valence-corrected chi connectivity index (χ1v) is 11.5. The molecule has 0 aliphatic carbocycles. The van der Waals surface area contributed by atoms with Crippen LogP contribution in [-0.2, 0) is 14.3 Å². The Hall–Kier alpha value is 0.290. The van der Waals surface area contributed by atoms with Crippen molar-refractivity contribution in [2.24, 2.45) is 11.8 Å². The van der Waals surface area contributed by atoms with E-state index in [2.05, 4.69) is 52.6 Å². The molecule has 2 unspecified atom stereocenters. The minimum absolute atomic E-state index is 0.0751. The minimum Gasteiger partial charge on any atom is -0.370 e. The van der Waals surface area contributed by atoms with Gasteiger partial charge in [-0.05, 0) is 51.0 Å². The van der Waals surface area contributed by atoms with E-state index in [0.29, 0.717) is 12.5 Å². The van der Waals surface area contributed by atoms with Gasteiger partial charge in [-0.15, -0.1) is 0 Å². The lowest BCUT2D eigenvalue weighted by Crippen LogP contribution is -2.56. The maximum absolute atomic E-state index is 12.1. The minimum atomic E-state index is -0.227. The van der Waals surface area contributed by atoms with Crippen molar-refractivity contribution >= 4 is 37.6 Å². The van der Waals surface area contributed by atoms with Gasteiger partial charge in [0.25, 0.3) is 0 Å². The molecule has 3 nitrogen and oxygen atoms in total. The van der Waals surface area contributed by atoms with Crippen LogP contribution in [0.25, 0.3) is 0 Å². The van der Waals surface area contributed by atoms with Crippen molar-refractivity contribution in [3.8, 4) is 0 Å². The topological polar surface area (TPSA) is 35.5 Å². The zero-order valence-corrected chi connectivity index (χ0v) is 19.1. The van der Waals surface area contributed by atoms with Gasteiger partial charge in [0.15, 0.2) is 5.78 Å². The lowest BCUT2D eigenvalue weighted by atomic mass is 9.88. The number of fused-ring (bicyclic) bond motifs is 2. The first-order valence-electron chi connectivity index (χ1n) is 9.46. The quantitative estimate of drug-likeness (QED) is 0.326. The standard InChI is InChI=1S/C20H32Br2O3/c1-14(2)7-8-16(23)15(3)6-5-10-19(4)18-9-11-20(25-18,13-24-19)17(22)12-21/h7-8,14-15,17-18H,5-6,9-13H2,1-4H3/b8-7+/t15?,17?,18-,19+,20+/m1/s1. The largest absolute Gasteiger partial charge is 0.370 e. The molecule has 0 amide bonds. The van der Waals surface area contributed by atoms with Crippen LogP contribution in [0.5, 0.6) is 0 Å². The Balaban J connectivity index is 1.83. The second-order valence-corrected chi connectivity index (χ2v) is 9.98. The van der Waals surface area contributed by atoms with Gasteiger partial charge in [-0.2, -0.15) is 0 Å². The summed E-state index contributed by atoms with van der Waals surface area (Å²) in [6.45, 7) is 9.02. The molecule has 25 heavy (non-hydrogen) atoms. The molecule has 2 fully saturated rings. The zero-order valence-electron chi connectivity index (χ0n) is 15.9. The lowest BCUT2D eigenvalue weighted by Gasteiger charge is -2.46. The summed E-state index contributed by atoms with van der Waals surface area (Å²) in [5, 5.41) is 0.864. The van der Waals surface area contributed by atoms with Crippen LogP contribution in [-0.4, -0.2) is 39.9 Å². The van der Waals surface area contributed by atoms with Crippen LogP contribution in [0.1, 0.15) is 59.8 Å². The predicted octanol–water partition coefficient (Wildman–Crippen LogP) is 5.44. The third kappa shape index (κ3) is 5.18. The highest BCUT2D eigenvalue weighted by Crippen LogP contribution is 2.48. The van der Waals surface area contributed by atoms with E-state index in [1.165, 1.54) is 0 Å². The Bertz CT molecular complexity index is 493. The van der Waals surface area contributed by atoms with Crippen LogP contribution < -0.4 is 0 Å². The van der Waals surface area contributed by atoms with Gasteiger partial charge < -0.3 is 9.47 Å². The van der Waals surface area contributed by atoms with Crippen molar-refractivity contribution in [1.82, 2.24) is 0 Å². The second kappa shape index (κ2) is 8.99. The molecule has 0 spiro atoms. The Morgan fingerprint density at radius 3 is 2.72 bits per heavy atom. The molecule has 0 aromatic heterocycles. The van der Waals surface area contributed by atoms with Crippen molar-refractivity contribution in [3.05, 3.63) is 12.2 Å². The van der Waals surface area contributed by atoms with Gasteiger partial charge in [0.05, 0.1) is 23.1 Å². The predicted molar refractivity (Wildman–Crippen MR) is 110 cm³/mol. The van der Waals surface area contributed by atoms with Crippen LogP contribution in [0, 0.1) is 11.8 Å². The first-order chi connectivity index (χ1) is 11.7. The molecule has 5 heteroatoms. The third-order valence-corrected chi connectivity index (χ3v) is 8.36. The van der Waals surface area contributed by atoms with E-state index in [1.54, 1.807) is 6.08 Å². The second-order valence-electron chi connectivity index (χ2n) is 8.23. The maximum atomic E-state index is 12.1. The van der Waals surface area contributed by atoms with Crippen LogP contribution in [0.3, 0.4) is 0 Å². The Morgan fingerprint density at radius 1 is 1.36 bits per heavy atom. The number of carbonyl (C=O) groups excluding carboxylic acids is 1. The van der Waals surface area contributed by atoms with Crippen molar-refractivity contribution in [2.45, 2.75) is 81.9 Å². The summed E-state index contributed by atoms with van der Waals surface area (Å²) in [6.07, 6.45) is 8.83. The summed E-state index contributed by atoms with van der Waals surface area (Å²) in [4.78, 5) is 12.4. The van der Waals surface area contributed by atoms with E-state index in [-0.39, 0.29) is 33.8 Å². The fourth-order valence-electron chi connectivity index (χ4n) is 3.74. The van der Waals surface area contributed by atoms with E-state index >= 15 is 0 Å². The monoisotopic (exact) mass is 478 g/mol. The van der Waals surface area contributed by atoms with Gasteiger partial charge in [-0.3, -0.25) is 4.79 Å². The highest BCUT2D eigenvalue weighted by molar-refractivity contribution is 9.12. The summed E-state index contributed by atoms with van der Waals surface area (Å²) >= 11 is 7.28. The molecule has 0 N–H and O–H groups in total. The summed E-state index contributed by atoms with van der Waals surface area (Å²) < 4.78 is 12.8. The average Bonchev–Trinajstić information content (AvgIpc) is 2.98. The fraction of sp³-hybridized carbons (Fsp3) is 0.850. The normalized spacial score (nSPS) is 34.6. The van der Waals surface area contributed by atoms with E-state index < -0.39 is 0 Å².